The van der Waals surface area contributed by atoms with E-state index >= 15 is 0 Å². The molecule has 2 amide bonds. The lowest BCUT2D eigenvalue weighted by Crippen LogP contribution is -2.47. The van der Waals surface area contributed by atoms with Crippen LogP contribution in [0.1, 0.15) is 40.3 Å². The van der Waals surface area contributed by atoms with Crippen molar-refractivity contribution >= 4 is 18.0 Å². The van der Waals surface area contributed by atoms with Gasteiger partial charge in [-0.05, 0) is 26.3 Å². The van der Waals surface area contributed by atoms with Gasteiger partial charge in [0.15, 0.2) is 0 Å². The molecule has 2 N–H and O–H groups in total. The number of hydrogen-bond acceptors (Lipinski definition) is 7. The fourth-order valence-electron chi connectivity index (χ4n) is 3.06. The fraction of sp³-hybridized carbons (Fsp3) is 0.300. The molecule has 152 valence electrons. The van der Waals surface area contributed by atoms with E-state index in [4.69, 9.17) is 14.0 Å². The maximum atomic E-state index is 12.6. The summed E-state index contributed by atoms with van der Waals surface area (Å²) in [7, 11) is 0. The molecule has 3 rings (SSSR count). The number of aromatic nitrogens is 1. The van der Waals surface area contributed by atoms with Crippen LogP contribution in [0.25, 0.3) is 0 Å². The number of hydrogen-bond donors (Lipinski definition) is 2. The zero-order chi connectivity index (χ0) is 21.0. The molecule has 0 saturated heterocycles. The lowest BCUT2D eigenvalue weighted by atomic mass is 9.95. The van der Waals surface area contributed by atoms with Crippen LogP contribution in [0.15, 0.2) is 46.1 Å². The van der Waals surface area contributed by atoms with Gasteiger partial charge < -0.3 is 24.6 Å². The monoisotopic (exact) mass is 399 g/mol. The highest BCUT2D eigenvalue weighted by Crippen LogP contribution is 2.28. The van der Waals surface area contributed by atoms with E-state index in [1.807, 2.05) is 6.07 Å². The van der Waals surface area contributed by atoms with Crippen molar-refractivity contribution < 1.29 is 28.4 Å². The molecule has 2 aromatic rings. The molecule has 29 heavy (non-hydrogen) atoms. The van der Waals surface area contributed by atoms with Gasteiger partial charge in [0.25, 0.3) is 0 Å². The first-order valence-electron chi connectivity index (χ1n) is 9.05. The number of carbonyl (C=O) groups is 3. The summed E-state index contributed by atoms with van der Waals surface area (Å²) in [4.78, 5) is 37.3. The van der Waals surface area contributed by atoms with Crippen LogP contribution in [-0.2, 0) is 14.3 Å². The zero-order valence-electron chi connectivity index (χ0n) is 16.3. The molecule has 1 aliphatic heterocycles. The highest BCUT2D eigenvalue weighted by atomic mass is 16.5. The SMILES string of the molecule is CCOC(=O)C1=C(COC(=O)c2c(C)noc2C)NC(=O)N[C@H]1c1ccccc1. The second kappa shape index (κ2) is 8.59. The first-order chi connectivity index (χ1) is 13.9. The molecule has 1 aromatic heterocycles. The Morgan fingerprint density at radius 1 is 1.14 bits per heavy atom. The topological polar surface area (TPSA) is 120 Å². The maximum Gasteiger partial charge on any atom is 0.344 e. The predicted molar refractivity (Wildman–Crippen MR) is 101 cm³/mol. The number of carbonyl (C=O) groups excluding carboxylic acids is 3. The Kier molecular flexibility index (Phi) is 5.96. The number of ether oxygens (including phenoxy) is 2. The first-order valence-corrected chi connectivity index (χ1v) is 9.05. The average molecular weight is 399 g/mol. The molecule has 2 heterocycles. The van der Waals surface area contributed by atoms with Gasteiger partial charge in [-0.2, -0.15) is 0 Å². The normalized spacial score (nSPS) is 16.1. The van der Waals surface area contributed by atoms with E-state index in [-0.39, 0.29) is 30.0 Å². The first kappa shape index (κ1) is 20.1. The zero-order valence-corrected chi connectivity index (χ0v) is 16.3. The molecule has 0 aliphatic carbocycles. The van der Waals surface area contributed by atoms with Gasteiger partial charge >= 0.3 is 18.0 Å². The summed E-state index contributed by atoms with van der Waals surface area (Å²) >= 11 is 0. The third-order valence-electron chi connectivity index (χ3n) is 4.37. The predicted octanol–water partition coefficient (Wildman–Crippen LogP) is 2.32. The molecule has 1 aliphatic rings. The minimum absolute atomic E-state index is 0.154. The van der Waals surface area contributed by atoms with Crippen molar-refractivity contribution in [3.05, 3.63) is 64.2 Å². The average Bonchev–Trinajstić information content (AvgIpc) is 3.04. The Balaban J connectivity index is 1.93. The van der Waals surface area contributed by atoms with Crippen LogP contribution < -0.4 is 10.6 Å². The molecule has 1 atom stereocenters. The lowest BCUT2D eigenvalue weighted by Gasteiger charge is -2.29. The van der Waals surface area contributed by atoms with Crippen LogP contribution in [-0.4, -0.2) is 36.3 Å². The number of nitrogens with zero attached hydrogens (tertiary/aromatic N) is 1. The van der Waals surface area contributed by atoms with Crippen LogP contribution in [0.5, 0.6) is 0 Å². The lowest BCUT2D eigenvalue weighted by molar-refractivity contribution is -0.139. The highest BCUT2D eigenvalue weighted by molar-refractivity contribution is 5.95. The van der Waals surface area contributed by atoms with Crippen molar-refractivity contribution in [3.63, 3.8) is 0 Å². The van der Waals surface area contributed by atoms with Gasteiger partial charge in [-0.15, -0.1) is 0 Å². The van der Waals surface area contributed by atoms with Gasteiger partial charge in [-0.25, -0.2) is 14.4 Å². The van der Waals surface area contributed by atoms with Gasteiger partial charge in [-0.3, -0.25) is 0 Å². The number of amides is 2. The molecule has 0 unspecified atom stereocenters. The quantitative estimate of drug-likeness (QED) is 0.715. The minimum Gasteiger partial charge on any atom is -0.463 e. The van der Waals surface area contributed by atoms with Gasteiger partial charge in [0.2, 0.25) is 0 Å². The Morgan fingerprint density at radius 3 is 2.48 bits per heavy atom. The van der Waals surface area contributed by atoms with E-state index < -0.39 is 24.0 Å². The van der Waals surface area contributed by atoms with Crippen molar-refractivity contribution in [1.82, 2.24) is 15.8 Å². The molecule has 0 bridgehead atoms. The van der Waals surface area contributed by atoms with Crippen LogP contribution in [0.3, 0.4) is 0 Å². The van der Waals surface area contributed by atoms with E-state index in [0.29, 0.717) is 17.0 Å². The van der Waals surface area contributed by atoms with Crippen molar-refractivity contribution in [1.29, 1.82) is 0 Å². The number of benzene rings is 1. The summed E-state index contributed by atoms with van der Waals surface area (Å²) in [6.45, 7) is 4.73. The Bertz CT molecular complexity index is 944. The smallest absolute Gasteiger partial charge is 0.344 e. The molecule has 0 saturated carbocycles. The summed E-state index contributed by atoms with van der Waals surface area (Å²) in [6, 6.07) is 7.72. The van der Waals surface area contributed by atoms with Crippen LogP contribution in [0.2, 0.25) is 0 Å². The van der Waals surface area contributed by atoms with Gasteiger partial charge in [-0.1, -0.05) is 35.5 Å². The highest BCUT2D eigenvalue weighted by Gasteiger charge is 2.34. The van der Waals surface area contributed by atoms with Crippen molar-refractivity contribution in [3.8, 4) is 0 Å². The second-order valence-electron chi connectivity index (χ2n) is 6.33. The number of rotatable bonds is 6. The summed E-state index contributed by atoms with van der Waals surface area (Å²) in [5.74, 6) is -0.957. The summed E-state index contributed by atoms with van der Waals surface area (Å²) < 4.78 is 15.5. The van der Waals surface area contributed by atoms with E-state index in [2.05, 4.69) is 15.8 Å². The number of urea groups is 1. The van der Waals surface area contributed by atoms with Crippen LogP contribution in [0, 0.1) is 13.8 Å². The molecule has 0 spiro atoms. The van der Waals surface area contributed by atoms with E-state index in [1.165, 1.54) is 0 Å². The molecule has 9 nitrogen and oxygen atoms in total. The van der Waals surface area contributed by atoms with Crippen LogP contribution >= 0.6 is 0 Å². The summed E-state index contributed by atoms with van der Waals surface area (Å²) in [5, 5.41) is 8.98. The summed E-state index contributed by atoms with van der Waals surface area (Å²) in [6.07, 6.45) is 0. The molecular weight excluding hydrogens is 378 g/mol. The second-order valence-corrected chi connectivity index (χ2v) is 6.33. The van der Waals surface area contributed by atoms with Crippen molar-refractivity contribution in [2.75, 3.05) is 13.2 Å². The standard InChI is InChI=1S/C20H21N3O6/c1-4-27-19(25)16-14(10-28-18(24)15-11(2)23-29-12(15)3)21-20(26)22-17(16)13-8-6-5-7-9-13/h5-9,17H,4,10H2,1-3H3,(H2,21,22,26)/t17-/m0/s1. The van der Waals surface area contributed by atoms with Gasteiger partial charge in [0.05, 0.1) is 29.6 Å². The number of aryl methyl sites for hydroxylation is 2. The van der Waals surface area contributed by atoms with Crippen molar-refractivity contribution in [2.24, 2.45) is 0 Å². The molecular formula is C20H21N3O6. The minimum atomic E-state index is -0.739. The molecule has 0 radical (unpaired) electrons. The summed E-state index contributed by atoms with van der Waals surface area (Å²) in [5.41, 5.74) is 1.62. The maximum absolute atomic E-state index is 12.6. The third kappa shape index (κ3) is 4.29. The molecule has 0 fully saturated rings. The molecule has 9 heteroatoms. The molecule has 1 aromatic carbocycles. The number of nitrogens with one attached hydrogen (secondary N) is 2. The van der Waals surface area contributed by atoms with E-state index in [9.17, 15) is 14.4 Å². The number of esters is 2. The van der Waals surface area contributed by atoms with E-state index in [0.717, 1.165) is 0 Å². The third-order valence-corrected chi connectivity index (χ3v) is 4.37. The van der Waals surface area contributed by atoms with Crippen LogP contribution in [0.4, 0.5) is 4.79 Å². The largest absolute Gasteiger partial charge is 0.463 e. The van der Waals surface area contributed by atoms with Gasteiger partial charge in [0, 0.05) is 0 Å². The Labute approximate surface area is 167 Å². The Hall–Kier alpha value is -3.62. The van der Waals surface area contributed by atoms with Crippen molar-refractivity contribution in [2.45, 2.75) is 26.8 Å². The Morgan fingerprint density at radius 2 is 1.86 bits per heavy atom. The van der Waals surface area contributed by atoms with Gasteiger partial charge in [0.1, 0.15) is 17.9 Å². The fourth-order valence-corrected chi connectivity index (χ4v) is 3.06. The van der Waals surface area contributed by atoms with E-state index in [1.54, 1.807) is 45.0 Å².